The summed E-state index contributed by atoms with van der Waals surface area (Å²) in [7, 11) is 2.90. The van der Waals surface area contributed by atoms with Gasteiger partial charge in [0.05, 0.1) is 7.11 Å². The number of carbonyl (C=O) groups is 1. The van der Waals surface area contributed by atoms with Gasteiger partial charge in [0.15, 0.2) is 5.69 Å². The first-order valence-corrected chi connectivity index (χ1v) is 2.98. The summed E-state index contributed by atoms with van der Waals surface area (Å²) in [5, 5.41) is 4.51. The van der Waals surface area contributed by atoms with Crippen molar-refractivity contribution < 1.29 is 14.2 Å². The average molecular weight is 156 g/mol. The molecule has 1 aromatic heterocycles. The van der Waals surface area contributed by atoms with Gasteiger partial charge in [-0.1, -0.05) is 5.16 Å². The van der Waals surface area contributed by atoms with E-state index in [2.05, 4.69) is 14.5 Å². The van der Waals surface area contributed by atoms with Gasteiger partial charge in [-0.2, -0.15) is 0 Å². The molecule has 1 rings (SSSR count). The third-order valence-corrected chi connectivity index (χ3v) is 1.22. The molecule has 5 nitrogen and oxygen atoms in total. The smallest absolute Gasteiger partial charge is 0.299 e. The summed E-state index contributed by atoms with van der Waals surface area (Å²) < 4.78 is 4.48. The van der Waals surface area contributed by atoms with Gasteiger partial charge in [-0.15, -0.1) is 0 Å². The first-order valence-electron chi connectivity index (χ1n) is 2.98. The van der Waals surface area contributed by atoms with Crippen LogP contribution in [0.5, 0.6) is 0 Å². The van der Waals surface area contributed by atoms with E-state index in [9.17, 15) is 4.79 Å². The molecule has 1 aromatic rings. The van der Waals surface area contributed by atoms with Crippen LogP contribution in [-0.4, -0.2) is 30.3 Å². The molecule has 0 radical (unpaired) electrons. The van der Waals surface area contributed by atoms with E-state index in [0.717, 1.165) is 5.06 Å². The van der Waals surface area contributed by atoms with Crippen molar-refractivity contribution in [2.24, 2.45) is 0 Å². The van der Waals surface area contributed by atoms with Gasteiger partial charge < -0.3 is 4.52 Å². The monoisotopic (exact) mass is 156 g/mol. The van der Waals surface area contributed by atoms with Crippen molar-refractivity contribution in [3.8, 4) is 0 Å². The highest BCUT2D eigenvalue weighted by molar-refractivity contribution is 5.91. The molecule has 0 bridgehead atoms. The van der Waals surface area contributed by atoms with Crippen molar-refractivity contribution in [2.45, 2.75) is 0 Å². The summed E-state index contributed by atoms with van der Waals surface area (Å²) >= 11 is 0. The molecule has 5 heteroatoms. The van der Waals surface area contributed by atoms with Crippen LogP contribution in [0.25, 0.3) is 0 Å². The first kappa shape index (κ1) is 7.74. The van der Waals surface area contributed by atoms with E-state index in [0.29, 0.717) is 0 Å². The van der Waals surface area contributed by atoms with E-state index in [4.69, 9.17) is 0 Å². The van der Waals surface area contributed by atoms with Crippen LogP contribution in [-0.2, 0) is 4.84 Å². The molecule has 0 fully saturated rings. The highest BCUT2D eigenvalue weighted by atomic mass is 16.7. The maximum atomic E-state index is 11.1. The number of hydrogen-bond acceptors (Lipinski definition) is 4. The predicted octanol–water partition coefficient (Wildman–Crippen LogP) is 0.308. The fraction of sp³-hybridized carbons (Fsp3) is 0.333. The number of aromatic nitrogens is 1. The standard InChI is InChI=1S/C6H8N2O3/c1-8(10-2)6(9)5-3-4-11-7-5/h3-4H,1-2H3. The Morgan fingerprint density at radius 2 is 2.55 bits per heavy atom. The van der Waals surface area contributed by atoms with E-state index in [1.54, 1.807) is 0 Å². The van der Waals surface area contributed by atoms with Crippen LogP contribution in [0, 0.1) is 0 Å². The summed E-state index contributed by atoms with van der Waals surface area (Å²) in [5.41, 5.74) is 0.231. The molecule has 0 spiro atoms. The minimum Gasteiger partial charge on any atom is -0.364 e. The van der Waals surface area contributed by atoms with Gasteiger partial charge in [0.2, 0.25) is 0 Å². The summed E-state index contributed by atoms with van der Waals surface area (Å²) in [6.45, 7) is 0. The molecule has 1 amide bonds. The fourth-order valence-electron chi connectivity index (χ4n) is 0.567. The zero-order chi connectivity index (χ0) is 8.27. The average Bonchev–Trinajstić information content (AvgIpc) is 2.53. The number of hydroxylamine groups is 2. The SMILES string of the molecule is CON(C)C(=O)c1ccon1. The Labute approximate surface area is 63.5 Å². The van der Waals surface area contributed by atoms with Crippen LogP contribution in [0.15, 0.2) is 16.9 Å². The van der Waals surface area contributed by atoms with Crippen molar-refractivity contribution in [1.29, 1.82) is 0 Å². The highest BCUT2D eigenvalue weighted by Crippen LogP contribution is 1.98. The van der Waals surface area contributed by atoms with Crippen molar-refractivity contribution >= 4 is 5.91 Å². The summed E-state index contributed by atoms with van der Waals surface area (Å²) in [5.74, 6) is -0.332. The molecule has 0 saturated heterocycles. The fourth-order valence-corrected chi connectivity index (χ4v) is 0.567. The Balaban J connectivity index is 2.70. The summed E-state index contributed by atoms with van der Waals surface area (Å²) in [6.07, 6.45) is 1.33. The molecule has 0 N–H and O–H groups in total. The number of rotatable bonds is 2. The lowest BCUT2D eigenvalue weighted by atomic mass is 10.4. The van der Waals surface area contributed by atoms with Gasteiger partial charge in [0.25, 0.3) is 5.91 Å². The van der Waals surface area contributed by atoms with Gasteiger partial charge in [-0.3, -0.25) is 9.63 Å². The minimum atomic E-state index is -0.332. The summed E-state index contributed by atoms with van der Waals surface area (Å²) in [4.78, 5) is 15.8. The van der Waals surface area contributed by atoms with Gasteiger partial charge in [-0.05, 0) is 0 Å². The van der Waals surface area contributed by atoms with Crippen LogP contribution in [0.1, 0.15) is 10.5 Å². The largest absolute Gasteiger partial charge is 0.364 e. The molecule has 60 valence electrons. The molecule has 0 aliphatic heterocycles. The summed E-state index contributed by atoms with van der Waals surface area (Å²) in [6, 6.07) is 1.47. The zero-order valence-electron chi connectivity index (χ0n) is 6.27. The Bertz CT molecular complexity index is 232. The molecular formula is C6H8N2O3. The van der Waals surface area contributed by atoms with Gasteiger partial charge in [0.1, 0.15) is 6.26 Å². The van der Waals surface area contributed by atoms with E-state index < -0.39 is 0 Å². The maximum Gasteiger partial charge on any atom is 0.299 e. The van der Waals surface area contributed by atoms with E-state index in [1.165, 1.54) is 26.5 Å². The zero-order valence-corrected chi connectivity index (χ0v) is 6.27. The number of carbonyl (C=O) groups excluding carboxylic acids is 1. The van der Waals surface area contributed by atoms with Crippen LogP contribution < -0.4 is 0 Å². The predicted molar refractivity (Wildman–Crippen MR) is 35.6 cm³/mol. The number of amides is 1. The third-order valence-electron chi connectivity index (χ3n) is 1.22. The second-order valence-electron chi connectivity index (χ2n) is 1.87. The Hall–Kier alpha value is -1.36. The second kappa shape index (κ2) is 3.16. The van der Waals surface area contributed by atoms with Gasteiger partial charge >= 0.3 is 0 Å². The second-order valence-corrected chi connectivity index (χ2v) is 1.87. The topological polar surface area (TPSA) is 55.6 Å². The van der Waals surface area contributed by atoms with Crippen molar-refractivity contribution in [3.63, 3.8) is 0 Å². The molecule has 11 heavy (non-hydrogen) atoms. The Kier molecular flexibility index (Phi) is 2.22. The molecule has 1 heterocycles. The van der Waals surface area contributed by atoms with Gasteiger partial charge in [0, 0.05) is 13.1 Å². The van der Waals surface area contributed by atoms with Crippen molar-refractivity contribution in [1.82, 2.24) is 10.2 Å². The van der Waals surface area contributed by atoms with E-state index in [-0.39, 0.29) is 11.6 Å². The van der Waals surface area contributed by atoms with Gasteiger partial charge in [-0.25, -0.2) is 5.06 Å². The normalized spacial score (nSPS) is 9.64. The lowest BCUT2D eigenvalue weighted by molar-refractivity contribution is -0.0762. The van der Waals surface area contributed by atoms with Crippen molar-refractivity contribution in [3.05, 3.63) is 18.0 Å². The Morgan fingerprint density at radius 1 is 1.82 bits per heavy atom. The highest BCUT2D eigenvalue weighted by Gasteiger charge is 2.13. The quantitative estimate of drug-likeness (QED) is 0.578. The van der Waals surface area contributed by atoms with Crippen LogP contribution in [0.4, 0.5) is 0 Å². The van der Waals surface area contributed by atoms with Crippen LogP contribution in [0.3, 0.4) is 0 Å². The third kappa shape index (κ3) is 1.56. The lowest BCUT2D eigenvalue weighted by Gasteiger charge is -2.10. The molecule has 0 aromatic carbocycles. The molecule has 0 aliphatic rings. The van der Waals surface area contributed by atoms with Crippen molar-refractivity contribution in [2.75, 3.05) is 14.2 Å². The van der Waals surface area contributed by atoms with E-state index in [1.807, 2.05) is 0 Å². The van der Waals surface area contributed by atoms with Crippen LogP contribution in [0.2, 0.25) is 0 Å². The number of hydrogen-bond donors (Lipinski definition) is 0. The number of nitrogens with zero attached hydrogens (tertiary/aromatic N) is 2. The minimum absolute atomic E-state index is 0.231. The molecular weight excluding hydrogens is 148 g/mol. The Morgan fingerprint density at radius 3 is 3.00 bits per heavy atom. The lowest BCUT2D eigenvalue weighted by Crippen LogP contribution is -2.25. The molecule has 0 atom stereocenters. The maximum absolute atomic E-state index is 11.1. The first-order chi connectivity index (χ1) is 5.25. The molecule has 0 aliphatic carbocycles. The van der Waals surface area contributed by atoms with E-state index >= 15 is 0 Å². The van der Waals surface area contributed by atoms with Crippen LogP contribution >= 0.6 is 0 Å². The molecule has 0 unspecified atom stereocenters. The molecule has 0 saturated carbocycles.